The van der Waals surface area contributed by atoms with Crippen molar-refractivity contribution in [1.82, 2.24) is 0 Å². The molecule has 0 saturated carbocycles. The highest BCUT2D eigenvalue weighted by molar-refractivity contribution is 7.47. The van der Waals surface area contributed by atoms with Crippen LogP contribution in [0.4, 0.5) is 0 Å². The molecule has 0 aliphatic heterocycles. The van der Waals surface area contributed by atoms with Crippen molar-refractivity contribution in [3.05, 3.63) is 0 Å². The van der Waals surface area contributed by atoms with E-state index in [4.69, 9.17) is 37.0 Å². The van der Waals surface area contributed by atoms with Gasteiger partial charge in [0.25, 0.3) is 0 Å². The quantitative estimate of drug-likeness (QED) is 0.0222. The molecule has 0 aromatic rings. The Morgan fingerprint density at radius 1 is 0.283 bits per heavy atom. The molecule has 0 fully saturated rings. The number of rotatable bonds is 77. The van der Waals surface area contributed by atoms with Gasteiger partial charge >= 0.3 is 39.5 Å². The van der Waals surface area contributed by atoms with Crippen LogP contribution < -0.4 is 0 Å². The van der Waals surface area contributed by atoms with E-state index in [2.05, 4.69) is 55.4 Å². The Balaban J connectivity index is 5.18. The van der Waals surface area contributed by atoms with Crippen LogP contribution in [0.2, 0.25) is 0 Å². The first-order chi connectivity index (χ1) is 47.7. The van der Waals surface area contributed by atoms with Gasteiger partial charge in [-0.3, -0.25) is 37.3 Å². The molecule has 0 radical (unpaired) electrons. The first kappa shape index (κ1) is 97.1. The first-order valence-electron chi connectivity index (χ1n) is 41.3. The molecular formula is C80H156O17P2. The molecule has 0 bridgehead atoms. The summed E-state index contributed by atoms with van der Waals surface area (Å²) in [5, 5.41) is 10.6. The lowest BCUT2D eigenvalue weighted by molar-refractivity contribution is -0.161. The summed E-state index contributed by atoms with van der Waals surface area (Å²) in [7, 11) is -9.92. The molecule has 3 N–H and O–H groups in total. The minimum absolute atomic E-state index is 0.105. The molecule has 0 amide bonds. The minimum Gasteiger partial charge on any atom is -0.462 e. The number of carbonyl (C=O) groups is 4. The number of aliphatic hydroxyl groups excluding tert-OH is 1. The molecule has 0 aliphatic carbocycles. The fourth-order valence-electron chi connectivity index (χ4n) is 12.2. The van der Waals surface area contributed by atoms with Crippen molar-refractivity contribution < 1.29 is 80.2 Å². The number of carbonyl (C=O) groups excluding carboxylic acids is 4. The van der Waals surface area contributed by atoms with Crippen LogP contribution in [0.3, 0.4) is 0 Å². The zero-order chi connectivity index (χ0) is 73.1. The van der Waals surface area contributed by atoms with Gasteiger partial charge in [-0.1, -0.05) is 357 Å². The Labute approximate surface area is 607 Å². The van der Waals surface area contributed by atoms with Crippen LogP contribution in [0.15, 0.2) is 0 Å². The molecule has 0 aromatic carbocycles. The molecule has 17 nitrogen and oxygen atoms in total. The standard InChI is InChI=1S/C80H156O17P2/c1-9-72(7)58-50-42-34-26-22-17-15-13-11-12-14-16-18-24-28-37-46-54-62-79(84)96-76(67-91-78(83)61-53-45-39-31-33-41-49-57-71(5)6)69-95-99(88,89)93-65-74(81)64-92-98(86,87)94-68-75(97-80(85)63-55-47-38-30-29-35-43-51-59-73(8)10-2)66-90-77(82)60-52-44-36-27-23-20-19-21-25-32-40-48-56-70(3)4/h70-76,81H,9-69H2,1-8H3,(H,86,87)(H,88,89)/t72?,73?,74?,75-,76-/m1/s1. The molecule has 99 heavy (non-hydrogen) atoms. The summed E-state index contributed by atoms with van der Waals surface area (Å²) in [6.07, 6.45) is 55.6. The molecule has 588 valence electrons. The number of hydrogen-bond donors (Lipinski definition) is 3. The number of esters is 4. The highest BCUT2D eigenvalue weighted by Crippen LogP contribution is 2.45. The van der Waals surface area contributed by atoms with Gasteiger partial charge in [-0.2, -0.15) is 0 Å². The Kier molecular flexibility index (Phi) is 67.8. The van der Waals surface area contributed by atoms with E-state index in [1.54, 1.807) is 0 Å². The van der Waals surface area contributed by atoms with Gasteiger partial charge in [0, 0.05) is 25.7 Å². The molecule has 0 heterocycles. The van der Waals surface area contributed by atoms with Crippen LogP contribution in [0.1, 0.15) is 409 Å². The van der Waals surface area contributed by atoms with E-state index in [9.17, 15) is 43.2 Å². The SMILES string of the molecule is CCC(C)CCCCCCCCCCCCCCCCCCCCC(=O)O[C@H](COC(=O)CCCCCCCCCC(C)C)COP(=O)(O)OCC(O)COP(=O)(O)OC[C@@H](COC(=O)CCCCCCCCCCCCCCC(C)C)OC(=O)CCCCCCCCCCC(C)CC. The Hall–Kier alpha value is -1.94. The summed E-state index contributed by atoms with van der Waals surface area (Å²) >= 11 is 0. The molecule has 7 atom stereocenters. The maximum atomic E-state index is 13.1. The van der Waals surface area contributed by atoms with Crippen molar-refractivity contribution in [2.75, 3.05) is 39.6 Å². The molecular weight excluding hydrogens is 1290 g/mol. The van der Waals surface area contributed by atoms with Crippen molar-refractivity contribution in [3.8, 4) is 0 Å². The fraction of sp³-hybridized carbons (Fsp3) is 0.950. The third-order valence-electron chi connectivity index (χ3n) is 19.3. The van der Waals surface area contributed by atoms with Crippen molar-refractivity contribution >= 4 is 39.5 Å². The smallest absolute Gasteiger partial charge is 0.462 e. The summed E-state index contributed by atoms with van der Waals surface area (Å²) in [6, 6.07) is 0. The van der Waals surface area contributed by atoms with Gasteiger partial charge in [0.1, 0.15) is 19.3 Å². The molecule has 0 aliphatic rings. The third-order valence-corrected chi connectivity index (χ3v) is 21.2. The molecule has 5 unspecified atom stereocenters. The van der Waals surface area contributed by atoms with Crippen molar-refractivity contribution in [1.29, 1.82) is 0 Å². The van der Waals surface area contributed by atoms with Crippen LogP contribution >= 0.6 is 15.6 Å². The lowest BCUT2D eigenvalue weighted by Gasteiger charge is -2.21. The average Bonchev–Trinajstić information content (AvgIpc) is 1.07. The number of aliphatic hydroxyl groups is 1. The second-order valence-electron chi connectivity index (χ2n) is 30.2. The Bertz CT molecular complexity index is 1940. The van der Waals surface area contributed by atoms with Gasteiger partial charge in [0.2, 0.25) is 0 Å². The van der Waals surface area contributed by atoms with E-state index >= 15 is 0 Å². The van der Waals surface area contributed by atoms with Crippen LogP contribution in [-0.2, 0) is 65.4 Å². The highest BCUT2D eigenvalue weighted by Gasteiger charge is 2.30. The number of phosphoric ester groups is 2. The summed E-state index contributed by atoms with van der Waals surface area (Å²) < 4.78 is 68.6. The lowest BCUT2D eigenvalue weighted by atomic mass is 9.99. The Morgan fingerprint density at radius 2 is 0.485 bits per heavy atom. The maximum absolute atomic E-state index is 13.1. The van der Waals surface area contributed by atoms with Crippen molar-refractivity contribution in [3.63, 3.8) is 0 Å². The van der Waals surface area contributed by atoms with Gasteiger partial charge in [0.05, 0.1) is 26.4 Å². The zero-order valence-electron chi connectivity index (χ0n) is 65.1. The molecule has 0 saturated heterocycles. The van der Waals surface area contributed by atoms with E-state index in [1.165, 1.54) is 205 Å². The van der Waals surface area contributed by atoms with Gasteiger partial charge < -0.3 is 33.8 Å². The van der Waals surface area contributed by atoms with Gasteiger partial charge in [-0.15, -0.1) is 0 Å². The van der Waals surface area contributed by atoms with E-state index in [0.717, 1.165) is 114 Å². The second-order valence-corrected chi connectivity index (χ2v) is 33.1. The van der Waals surface area contributed by atoms with Crippen LogP contribution in [0, 0.1) is 23.7 Å². The summed E-state index contributed by atoms with van der Waals surface area (Å²) in [5.74, 6) is 1.01. The summed E-state index contributed by atoms with van der Waals surface area (Å²) in [6.45, 7) is 14.3. The maximum Gasteiger partial charge on any atom is 0.472 e. The molecule has 0 spiro atoms. The largest absolute Gasteiger partial charge is 0.472 e. The average molecular weight is 1450 g/mol. The first-order valence-corrected chi connectivity index (χ1v) is 44.3. The third kappa shape index (κ3) is 71.5. The second kappa shape index (κ2) is 69.1. The van der Waals surface area contributed by atoms with Gasteiger partial charge in [0.15, 0.2) is 12.2 Å². The van der Waals surface area contributed by atoms with E-state index in [-0.39, 0.29) is 25.7 Å². The molecule has 19 heteroatoms. The predicted molar refractivity (Wildman–Crippen MR) is 404 cm³/mol. The monoisotopic (exact) mass is 1450 g/mol. The predicted octanol–water partition coefficient (Wildman–Crippen LogP) is 23.6. The Morgan fingerprint density at radius 3 is 0.717 bits per heavy atom. The zero-order valence-corrected chi connectivity index (χ0v) is 66.9. The number of hydrogen-bond acceptors (Lipinski definition) is 15. The van der Waals surface area contributed by atoms with E-state index in [0.29, 0.717) is 31.6 Å². The topological polar surface area (TPSA) is 237 Å². The summed E-state index contributed by atoms with van der Waals surface area (Å²) in [4.78, 5) is 72.9. The van der Waals surface area contributed by atoms with Crippen LogP contribution in [0.25, 0.3) is 0 Å². The van der Waals surface area contributed by atoms with Crippen LogP contribution in [-0.4, -0.2) is 96.7 Å². The van der Waals surface area contributed by atoms with E-state index < -0.39 is 97.5 Å². The summed E-state index contributed by atoms with van der Waals surface area (Å²) in [5.41, 5.74) is 0. The number of phosphoric acid groups is 2. The fourth-order valence-corrected chi connectivity index (χ4v) is 13.8. The molecule has 0 rings (SSSR count). The lowest BCUT2D eigenvalue weighted by Crippen LogP contribution is -2.30. The number of unbranched alkanes of at least 4 members (excludes halogenated alkanes) is 41. The molecule has 0 aromatic heterocycles. The van der Waals surface area contributed by atoms with Gasteiger partial charge in [-0.05, 0) is 49.4 Å². The van der Waals surface area contributed by atoms with Crippen LogP contribution in [0.5, 0.6) is 0 Å². The minimum atomic E-state index is -4.96. The van der Waals surface area contributed by atoms with Crippen molar-refractivity contribution in [2.24, 2.45) is 23.7 Å². The number of ether oxygens (including phenoxy) is 4. The van der Waals surface area contributed by atoms with Gasteiger partial charge in [-0.25, -0.2) is 9.13 Å². The van der Waals surface area contributed by atoms with Crippen molar-refractivity contribution in [2.45, 2.75) is 427 Å². The normalized spacial score (nSPS) is 14.6. The van der Waals surface area contributed by atoms with E-state index in [1.807, 2.05) is 0 Å². The highest BCUT2D eigenvalue weighted by atomic mass is 31.2.